The Bertz CT molecular complexity index is 1260. The van der Waals surface area contributed by atoms with Gasteiger partial charge in [0.05, 0.1) is 29.0 Å². The zero-order valence-corrected chi connectivity index (χ0v) is 17.4. The molecule has 2 N–H and O–H groups in total. The van der Waals surface area contributed by atoms with Crippen molar-refractivity contribution in [1.82, 2.24) is 9.55 Å². The lowest BCUT2D eigenvalue weighted by molar-refractivity contribution is -0.172. The molecule has 2 aliphatic rings. The molecule has 7 nitrogen and oxygen atoms in total. The van der Waals surface area contributed by atoms with E-state index in [4.69, 9.17) is 4.74 Å². The lowest BCUT2D eigenvalue weighted by Gasteiger charge is -2.31. The molecule has 156 valence electrons. The van der Waals surface area contributed by atoms with Crippen molar-refractivity contribution in [3.8, 4) is 17.1 Å². The van der Waals surface area contributed by atoms with Crippen molar-refractivity contribution < 1.29 is 19.7 Å². The van der Waals surface area contributed by atoms with Gasteiger partial charge in [-0.2, -0.15) is 0 Å². The normalized spacial score (nSPS) is 18.8. The van der Waals surface area contributed by atoms with Gasteiger partial charge in [0, 0.05) is 22.6 Å². The first-order chi connectivity index (χ1) is 14.3. The van der Waals surface area contributed by atoms with E-state index in [0.717, 1.165) is 16.5 Å². The van der Waals surface area contributed by atoms with Crippen LogP contribution in [0.25, 0.3) is 22.3 Å². The largest absolute Gasteiger partial charge is 0.508 e. The number of phenols is 1. The number of aromatic hydroxyl groups is 1. The minimum atomic E-state index is -1.84. The molecule has 5 rings (SSSR count). The first-order valence-electron chi connectivity index (χ1n) is 10.1. The molecule has 0 aliphatic carbocycles. The number of pyridine rings is 2. The Morgan fingerprint density at radius 2 is 1.93 bits per heavy atom. The van der Waals surface area contributed by atoms with Crippen LogP contribution in [0.15, 0.2) is 29.1 Å². The minimum Gasteiger partial charge on any atom is -0.508 e. The van der Waals surface area contributed by atoms with Gasteiger partial charge in [0.2, 0.25) is 0 Å². The lowest BCUT2D eigenvalue weighted by Crippen LogP contribution is -2.44. The molecular formula is C23H24N2O5. The standard InChI is InChI=1S/C21H18N2O5.C2H6/c1-3-21(27)15-7-17-18-11(5-13-10(2)4-12(24)6-16(13)22-18)8-23(17)19(25)14(15)9-28-20(21)26;1-2/h4-7,24,27H,3,8-9H2,1-2H3;1-2H3. The van der Waals surface area contributed by atoms with E-state index in [2.05, 4.69) is 4.98 Å². The molecule has 1 atom stereocenters. The molecule has 0 spiro atoms. The van der Waals surface area contributed by atoms with E-state index in [0.29, 0.717) is 34.6 Å². The first-order valence-corrected chi connectivity index (χ1v) is 10.1. The predicted molar refractivity (Wildman–Crippen MR) is 112 cm³/mol. The summed E-state index contributed by atoms with van der Waals surface area (Å²) in [6.45, 7) is 7.78. The molecular weight excluding hydrogens is 384 g/mol. The smallest absolute Gasteiger partial charge is 0.343 e. The third-order valence-corrected chi connectivity index (χ3v) is 5.82. The number of carbonyl (C=O) groups excluding carboxylic acids is 1. The van der Waals surface area contributed by atoms with Gasteiger partial charge < -0.3 is 19.5 Å². The number of esters is 1. The number of aryl methyl sites for hydroxylation is 1. The molecule has 0 saturated heterocycles. The maximum atomic E-state index is 13.1. The summed E-state index contributed by atoms with van der Waals surface area (Å²) in [7, 11) is 0. The molecule has 0 radical (unpaired) electrons. The highest BCUT2D eigenvalue weighted by Crippen LogP contribution is 2.39. The number of fused-ring (bicyclic) bond motifs is 5. The number of cyclic esters (lactones) is 1. The summed E-state index contributed by atoms with van der Waals surface area (Å²) in [4.78, 5) is 30.0. The molecule has 2 aromatic heterocycles. The highest BCUT2D eigenvalue weighted by Gasteiger charge is 2.45. The fraction of sp³-hybridized carbons (Fsp3) is 0.348. The molecule has 30 heavy (non-hydrogen) atoms. The number of aromatic nitrogens is 2. The Balaban J connectivity index is 0.00000106. The molecule has 0 bridgehead atoms. The number of aliphatic hydroxyl groups is 1. The van der Waals surface area contributed by atoms with Gasteiger partial charge in [-0.3, -0.25) is 4.79 Å². The van der Waals surface area contributed by atoms with Crippen molar-refractivity contribution in [2.45, 2.75) is 52.9 Å². The van der Waals surface area contributed by atoms with E-state index in [9.17, 15) is 19.8 Å². The average molecular weight is 408 g/mol. The van der Waals surface area contributed by atoms with Gasteiger partial charge in [-0.05, 0) is 37.1 Å². The lowest BCUT2D eigenvalue weighted by atomic mass is 9.86. The third kappa shape index (κ3) is 2.65. The van der Waals surface area contributed by atoms with Crippen LogP contribution in [0, 0.1) is 6.92 Å². The highest BCUT2D eigenvalue weighted by molar-refractivity contribution is 5.88. The first kappa shape index (κ1) is 20.1. The summed E-state index contributed by atoms with van der Waals surface area (Å²) in [5.74, 6) is -0.613. The van der Waals surface area contributed by atoms with Crippen LogP contribution < -0.4 is 5.56 Å². The maximum absolute atomic E-state index is 13.1. The molecule has 0 fully saturated rings. The van der Waals surface area contributed by atoms with Gasteiger partial charge in [-0.25, -0.2) is 9.78 Å². The topological polar surface area (TPSA) is 102 Å². The van der Waals surface area contributed by atoms with Crippen LogP contribution in [-0.4, -0.2) is 25.7 Å². The maximum Gasteiger partial charge on any atom is 0.343 e. The number of ether oxygens (including phenoxy) is 1. The second-order valence-corrected chi connectivity index (χ2v) is 7.43. The van der Waals surface area contributed by atoms with E-state index in [-0.39, 0.29) is 24.3 Å². The predicted octanol–water partition coefficient (Wildman–Crippen LogP) is 3.12. The van der Waals surface area contributed by atoms with Crippen molar-refractivity contribution in [2.75, 3.05) is 0 Å². The summed E-state index contributed by atoms with van der Waals surface area (Å²) in [5.41, 5.74) is 2.06. The second-order valence-electron chi connectivity index (χ2n) is 7.43. The van der Waals surface area contributed by atoms with Crippen LogP contribution in [0.3, 0.4) is 0 Å². The van der Waals surface area contributed by atoms with Crippen LogP contribution in [0.1, 0.15) is 49.4 Å². The number of hydrogen-bond acceptors (Lipinski definition) is 6. The van der Waals surface area contributed by atoms with E-state index >= 15 is 0 Å². The zero-order valence-electron chi connectivity index (χ0n) is 17.4. The molecule has 2 aliphatic heterocycles. The van der Waals surface area contributed by atoms with Gasteiger partial charge in [0.25, 0.3) is 5.56 Å². The van der Waals surface area contributed by atoms with Crippen LogP contribution in [0.5, 0.6) is 5.75 Å². The van der Waals surface area contributed by atoms with Gasteiger partial charge >= 0.3 is 5.97 Å². The van der Waals surface area contributed by atoms with Crippen LogP contribution in [0.2, 0.25) is 0 Å². The molecule has 0 saturated carbocycles. The monoisotopic (exact) mass is 408 g/mol. The summed E-state index contributed by atoms with van der Waals surface area (Å²) in [6.07, 6.45) is 0.104. The minimum absolute atomic E-state index is 0.104. The van der Waals surface area contributed by atoms with E-state index in [1.54, 1.807) is 29.7 Å². The van der Waals surface area contributed by atoms with Gasteiger partial charge in [-0.1, -0.05) is 20.8 Å². The number of carbonyl (C=O) groups is 1. The highest BCUT2D eigenvalue weighted by atomic mass is 16.6. The summed E-state index contributed by atoms with van der Waals surface area (Å²) >= 11 is 0. The summed E-state index contributed by atoms with van der Waals surface area (Å²) < 4.78 is 6.67. The number of benzene rings is 1. The Morgan fingerprint density at radius 3 is 2.63 bits per heavy atom. The molecule has 1 unspecified atom stereocenters. The fourth-order valence-corrected chi connectivity index (χ4v) is 4.24. The fourth-order valence-electron chi connectivity index (χ4n) is 4.24. The van der Waals surface area contributed by atoms with Gasteiger partial charge in [0.1, 0.15) is 12.4 Å². The molecule has 7 heteroatoms. The van der Waals surface area contributed by atoms with Crippen molar-refractivity contribution in [1.29, 1.82) is 0 Å². The summed E-state index contributed by atoms with van der Waals surface area (Å²) in [5, 5.41) is 21.7. The Morgan fingerprint density at radius 1 is 1.20 bits per heavy atom. The number of phenolic OH excluding ortho intramolecular Hbond substituents is 1. The van der Waals surface area contributed by atoms with Crippen LogP contribution >= 0.6 is 0 Å². The number of rotatable bonds is 1. The van der Waals surface area contributed by atoms with Crippen molar-refractivity contribution in [3.05, 3.63) is 56.9 Å². The number of hydrogen-bond donors (Lipinski definition) is 2. The quantitative estimate of drug-likeness (QED) is 0.469. The molecule has 4 heterocycles. The van der Waals surface area contributed by atoms with Crippen LogP contribution in [0.4, 0.5) is 0 Å². The van der Waals surface area contributed by atoms with Crippen LogP contribution in [-0.2, 0) is 28.3 Å². The SMILES string of the molecule is CC.CCC1(O)C(=O)OCc2c1cc1n(c2=O)Cc2cc3c(C)cc(O)cc3nc2-1. The van der Waals surface area contributed by atoms with Gasteiger partial charge in [0.15, 0.2) is 5.60 Å². The third-order valence-electron chi connectivity index (χ3n) is 5.82. The van der Waals surface area contributed by atoms with Gasteiger partial charge in [-0.15, -0.1) is 0 Å². The molecule has 1 aromatic carbocycles. The number of nitrogens with zero attached hydrogens (tertiary/aromatic N) is 2. The van der Waals surface area contributed by atoms with E-state index < -0.39 is 11.6 Å². The van der Waals surface area contributed by atoms with Crippen molar-refractivity contribution >= 4 is 16.9 Å². The Kier molecular flexibility index (Phi) is 4.66. The second kappa shape index (κ2) is 6.95. The van der Waals surface area contributed by atoms with Crippen molar-refractivity contribution in [2.24, 2.45) is 0 Å². The Labute approximate surface area is 173 Å². The molecule has 0 amide bonds. The Hall–Kier alpha value is -3.19. The van der Waals surface area contributed by atoms with E-state index in [1.165, 1.54) is 0 Å². The summed E-state index contributed by atoms with van der Waals surface area (Å²) in [6, 6.07) is 6.92. The molecule has 3 aromatic rings. The van der Waals surface area contributed by atoms with E-state index in [1.807, 2.05) is 26.8 Å². The average Bonchev–Trinajstić information content (AvgIpc) is 3.09. The van der Waals surface area contributed by atoms with Crippen molar-refractivity contribution in [3.63, 3.8) is 0 Å². The zero-order chi connectivity index (χ0) is 21.8.